The standard InChI is InChI=1S/C25H36FN5O5/c1-3-4-5-6-7-14-29-16-21-30(20(24(29)35)12-13-23(33)34)22(32)17-28(2)31(21)25(36)27-15-18-8-10-19(26)11-9-18/h8-11,20-21H,3-7,12-17H2,1-2H3,(H,27,36)(H,33,34)/t20-,21-/m0/s1. The Morgan fingerprint density at radius 2 is 1.81 bits per heavy atom. The maximum Gasteiger partial charge on any atom is 0.334 e. The number of hydrogen-bond donors (Lipinski definition) is 2. The molecule has 36 heavy (non-hydrogen) atoms. The number of carboxylic acids is 1. The molecule has 2 fully saturated rings. The van der Waals surface area contributed by atoms with E-state index in [9.17, 15) is 28.7 Å². The lowest BCUT2D eigenvalue weighted by molar-refractivity contribution is -0.187. The summed E-state index contributed by atoms with van der Waals surface area (Å²) in [6.45, 7) is 2.80. The number of rotatable bonds is 11. The van der Waals surface area contributed by atoms with E-state index in [4.69, 9.17) is 0 Å². The second-order valence-corrected chi connectivity index (χ2v) is 9.37. The second-order valence-electron chi connectivity index (χ2n) is 9.37. The maximum atomic E-state index is 13.3. The van der Waals surface area contributed by atoms with Gasteiger partial charge in [-0.2, -0.15) is 0 Å². The van der Waals surface area contributed by atoms with Crippen molar-refractivity contribution < 1.29 is 28.7 Å². The molecule has 2 aliphatic rings. The van der Waals surface area contributed by atoms with Crippen molar-refractivity contribution in [3.63, 3.8) is 0 Å². The van der Waals surface area contributed by atoms with Crippen LogP contribution in [0.2, 0.25) is 0 Å². The number of nitrogens with zero attached hydrogens (tertiary/aromatic N) is 4. The molecule has 1 aromatic rings. The SMILES string of the molecule is CCCCCCCN1C[C@H]2N(C(=O)CN(C)N2C(=O)NCc2ccc(F)cc2)[C@@H](CCC(=O)O)C1=O. The zero-order valence-electron chi connectivity index (χ0n) is 21.0. The van der Waals surface area contributed by atoms with Crippen LogP contribution in [-0.4, -0.2) is 87.6 Å². The average molecular weight is 506 g/mol. The Balaban J connectivity index is 1.79. The third-order valence-electron chi connectivity index (χ3n) is 6.67. The van der Waals surface area contributed by atoms with Crippen LogP contribution in [0.3, 0.4) is 0 Å². The number of aliphatic carboxylic acids is 1. The van der Waals surface area contributed by atoms with Gasteiger partial charge in [0.05, 0.1) is 13.1 Å². The molecule has 0 bridgehead atoms. The summed E-state index contributed by atoms with van der Waals surface area (Å²) in [6.07, 6.45) is 4.02. The van der Waals surface area contributed by atoms with Gasteiger partial charge in [-0.05, 0) is 30.5 Å². The van der Waals surface area contributed by atoms with Crippen LogP contribution < -0.4 is 5.32 Å². The minimum atomic E-state index is -1.05. The van der Waals surface area contributed by atoms with Gasteiger partial charge >= 0.3 is 12.0 Å². The minimum Gasteiger partial charge on any atom is -0.481 e. The van der Waals surface area contributed by atoms with E-state index < -0.39 is 24.2 Å². The fourth-order valence-corrected chi connectivity index (χ4v) is 4.81. The zero-order valence-corrected chi connectivity index (χ0v) is 21.0. The van der Waals surface area contributed by atoms with Gasteiger partial charge in [0.15, 0.2) is 0 Å². The van der Waals surface area contributed by atoms with Crippen molar-refractivity contribution >= 4 is 23.8 Å². The first kappa shape index (κ1) is 27.4. The number of carboxylic acid groups (broad SMARTS) is 1. The van der Waals surface area contributed by atoms with Crippen molar-refractivity contribution in [3.8, 4) is 0 Å². The summed E-state index contributed by atoms with van der Waals surface area (Å²) >= 11 is 0. The van der Waals surface area contributed by atoms with Crippen molar-refractivity contribution in [1.29, 1.82) is 0 Å². The lowest BCUT2D eigenvalue weighted by Crippen LogP contribution is -2.76. The lowest BCUT2D eigenvalue weighted by Gasteiger charge is -2.54. The maximum absolute atomic E-state index is 13.3. The number of hydrogen-bond acceptors (Lipinski definition) is 5. The highest BCUT2D eigenvalue weighted by molar-refractivity contribution is 5.91. The molecule has 0 saturated carbocycles. The first-order chi connectivity index (χ1) is 17.2. The average Bonchev–Trinajstić information content (AvgIpc) is 2.83. The van der Waals surface area contributed by atoms with Gasteiger partial charge in [0.25, 0.3) is 0 Å². The molecule has 10 nitrogen and oxygen atoms in total. The largest absolute Gasteiger partial charge is 0.481 e. The summed E-state index contributed by atoms with van der Waals surface area (Å²) in [5.74, 6) is -2.01. The van der Waals surface area contributed by atoms with Crippen LogP contribution in [-0.2, 0) is 20.9 Å². The van der Waals surface area contributed by atoms with Crippen LogP contribution in [0, 0.1) is 5.82 Å². The number of fused-ring (bicyclic) bond motifs is 1. The second kappa shape index (κ2) is 12.7. The van der Waals surface area contributed by atoms with Gasteiger partial charge in [0.1, 0.15) is 18.0 Å². The molecule has 0 spiro atoms. The van der Waals surface area contributed by atoms with E-state index in [1.54, 1.807) is 24.1 Å². The summed E-state index contributed by atoms with van der Waals surface area (Å²) in [6, 6.07) is 4.38. The van der Waals surface area contributed by atoms with Crippen LogP contribution in [0.4, 0.5) is 9.18 Å². The molecule has 2 aliphatic heterocycles. The highest BCUT2D eigenvalue weighted by Gasteiger charge is 2.50. The van der Waals surface area contributed by atoms with E-state index in [0.717, 1.165) is 32.1 Å². The quantitative estimate of drug-likeness (QED) is 0.447. The Bertz CT molecular complexity index is 943. The fourth-order valence-electron chi connectivity index (χ4n) is 4.81. The molecule has 2 saturated heterocycles. The van der Waals surface area contributed by atoms with Crippen LogP contribution in [0.15, 0.2) is 24.3 Å². The number of hydrazine groups is 1. The molecular formula is C25H36FN5O5. The lowest BCUT2D eigenvalue weighted by atomic mass is 10.0. The predicted octanol–water partition coefficient (Wildman–Crippen LogP) is 2.40. The molecule has 2 heterocycles. The third-order valence-corrected chi connectivity index (χ3v) is 6.67. The van der Waals surface area contributed by atoms with Gasteiger partial charge in [0.2, 0.25) is 11.8 Å². The van der Waals surface area contributed by atoms with Gasteiger partial charge in [-0.1, -0.05) is 44.7 Å². The molecule has 0 aromatic heterocycles. The van der Waals surface area contributed by atoms with Crippen LogP contribution in [0.1, 0.15) is 57.4 Å². The number of halogens is 1. The predicted molar refractivity (Wildman–Crippen MR) is 130 cm³/mol. The van der Waals surface area contributed by atoms with Gasteiger partial charge in [-0.25, -0.2) is 19.2 Å². The summed E-state index contributed by atoms with van der Waals surface area (Å²) in [4.78, 5) is 53.9. The first-order valence-electron chi connectivity index (χ1n) is 12.6. The Hall–Kier alpha value is -3.21. The minimum absolute atomic E-state index is 0.0164. The van der Waals surface area contributed by atoms with Gasteiger partial charge in [-0.3, -0.25) is 14.4 Å². The normalized spacial score (nSPS) is 20.5. The fraction of sp³-hybridized carbons (Fsp3) is 0.600. The Labute approximate surface area is 211 Å². The smallest absolute Gasteiger partial charge is 0.334 e. The topological polar surface area (TPSA) is 114 Å². The number of piperazine rings is 1. The van der Waals surface area contributed by atoms with Crippen LogP contribution in [0.25, 0.3) is 0 Å². The Morgan fingerprint density at radius 3 is 2.47 bits per heavy atom. The van der Waals surface area contributed by atoms with Crippen LogP contribution >= 0.6 is 0 Å². The molecule has 0 radical (unpaired) electrons. The monoisotopic (exact) mass is 505 g/mol. The Morgan fingerprint density at radius 1 is 1.11 bits per heavy atom. The number of urea groups is 1. The van der Waals surface area contributed by atoms with E-state index in [1.165, 1.54) is 27.1 Å². The van der Waals surface area contributed by atoms with E-state index >= 15 is 0 Å². The molecule has 1 aromatic carbocycles. The molecule has 2 N–H and O–H groups in total. The molecular weight excluding hydrogens is 469 g/mol. The Kier molecular flexibility index (Phi) is 9.63. The third kappa shape index (κ3) is 6.71. The summed E-state index contributed by atoms with van der Waals surface area (Å²) in [7, 11) is 1.63. The number of carbonyl (C=O) groups is 4. The number of amides is 4. The number of unbranched alkanes of at least 4 members (excludes halogenated alkanes) is 4. The van der Waals surface area contributed by atoms with Crippen molar-refractivity contribution in [3.05, 3.63) is 35.6 Å². The van der Waals surface area contributed by atoms with Gasteiger partial charge in [0, 0.05) is 26.6 Å². The highest BCUT2D eigenvalue weighted by atomic mass is 19.1. The van der Waals surface area contributed by atoms with E-state index in [-0.39, 0.29) is 50.1 Å². The van der Waals surface area contributed by atoms with E-state index in [2.05, 4.69) is 12.2 Å². The molecule has 0 aliphatic carbocycles. The van der Waals surface area contributed by atoms with E-state index in [0.29, 0.717) is 12.1 Å². The van der Waals surface area contributed by atoms with E-state index in [1.807, 2.05) is 0 Å². The number of benzene rings is 1. The molecule has 3 rings (SSSR count). The summed E-state index contributed by atoms with van der Waals surface area (Å²) < 4.78 is 13.2. The number of likely N-dealkylation sites (N-methyl/N-ethyl adjacent to an activating group) is 1. The highest BCUT2D eigenvalue weighted by Crippen LogP contribution is 2.28. The molecule has 0 unspecified atom stereocenters. The number of nitrogens with one attached hydrogen (secondary N) is 1. The van der Waals surface area contributed by atoms with Crippen molar-refractivity contribution in [2.75, 3.05) is 26.7 Å². The van der Waals surface area contributed by atoms with Crippen molar-refractivity contribution in [2.24, 2.45) is 0 Å². The van der Waals surface area contributed by atoms with Gasteiger partial charge < -0.3 is 20.2 Å². The summed E-state index contributed by atoms with van der Waals surface area (Å²) in [5, 5.41) is 15.0. The summed E-state index contributed by atoms with van der Waals surface area (Å²) in [5.41, 5.74) is 0.712. The molecule has 11 heteroatoms. The molecule has 4 amide bonds. The zero-order chi connectivity index (χ0) is 26.2. The first-order valence-corrected chi connectivity index (χ1v) is 12.6. The van der Waals surface area contributed by atoms with Gasteiger partial charge in [-0.15, -0.1) is 0 Å². The number of carbonyl (C=O) groups excluding carboxylic acids is 3. The molecule has 198 valence electrons. The van der Waals surface area contributed by atoms with Crippen molar-refractivity contribution in [2.45, 2.75) is 70.6 Å². The van der Waals surface area contributed by atoms with Crippen LogP contribution in [0.5, 0.6) is 0 Å². The molecule has 2 atom stereocenters. The van der Waals surface area contributed by atoms with Crippen molar-refractivity contribution in [1.82, 2.24) is 25.1 Å².